The van der Waals surface area contributed by atoms with Crippen molar-refractivity contribution >= 4 is 39.1 Å². The number of ether oxygens (including phenoxy) is 1. The van der Waals surface area contributed by atoms with Crippen LogP contribution in [0.2, 0.25) is 5.02 Å². The number of rotatable bonds is 6. The molecule has 0 aromatic heterocycles. The van der Waals surface area contributed by atoms with Gasteiger partial charge in [0.1, 0.15) is 17.2 Å². The number of likely N-dealkylation sites (N-methyl/N-ethyl adjacent to an activating group) is 1. The van der Waals surface area contributed by atoms with Crippen molar-refractivity contribution < 1.29 is 22.7 Å². The Balaban J connectivity index is 1.55. The number of nitrogens with zero attached hydrogens (tertiary/aromatic N) is 4. The van der Waals surface area contributed by atoms with Crippen LogP contribution in [0, 0.1) is 11.3 Å². The topological polar surface area (TPSA) is 123 Å². The SMILES string of the molecule is CCN1CCN(c2ccc(S(=O)(=O)C3CC(C(=O)NC4(C#N)CC4)N(C(=O)OC(C)(C)C)C3)c(Cl)c2)CC1. The number of amides is 2. The second kappa shape index (κ2) is 10.5. The Morgan fingerprint density at radius 3 is 2.39 bits per heavy atom. The second-order valence-electron chi connectivity index (χ2n) is 11.3. The molecule has 2 aliphatic heterocycles. The third kappa shape index (κ3) is 6.03. The van der Waals surface area contributed by atoms with Crippen molar-refractivity contribution in [2.45, 2.75) is 74.3 Å². The highest BCUT2D eigenvalue weighted by atomic mass is 35.5. The number of carbonyl (C=O) groups is 2. The fourth-order valence-electron chi connectivity index (χ4n) is 4.92. The van der Waals surface area contributed by atoms with Gasteiger partial charge < -0.3 is 19.9 Å². The molecule has 2 saturated heterocycles. The Bertz CT molecular complexity index is 1230. The van der Waals surface area contributed by atoms with Crippen molar-refractivity contribution in [2.24, 2.45) is 0 Å². The van der Waals surface area contributed by atoms with E-state index in [9.17, 15) is 23.3 Å². The van der Waals surface area contributed by atoms with Crippen LogP contribution in [0.15, 0.2) is 23.1 Å². The Morgan fingerprint density at radius 1 is 1.21 bits per heavy atom. The molecule has 2 amide bonds. The first-order valence-corrected chi connectivity index (χ1v) is 14.9. The molecule has 3 fully saturated rings. The number of anilines is 1. The van der Waals surface area contributed by atoms with E-state index >= 15 is 0 Å². The number of hydrogen-bond acceptors (Lipinski definition) is 8. The minimum atomic E-state index is -3.99. The van der Waals surface area contributed by atoms with Crippen LogP contribution in [0.3, 0.4) is 0 Å². The molecule has 4 rings (SSSR count). The summed E-state index contributed by atoms with van der Waals surface area (Å²) in [5.41, 5.74) is -0.925. The standard InChI is InChI=1S/C26H36ClN5O5S/c1-5-30-10-12-31(13-11-30)18-6-7-22(20(27)14-18)38(35,36)19-15-21(23(33)29-26(17-28)8-9-26)32(16-19)24(34)37-25(2,3)4/h6-7,14,19,21H,5,8-13,15-16H2,1-4H3,(H,29,33). The van der Waals surface area contributed by atoms with E-state index in [2.05, 4.69) is 28.1 Å². The fourth-order valence-corrected chi connectivity index (χ4v) is 7.16. The first kappa shape index (κ1) is 28.5. The van der Waals surface area contributed by atoms with Crippen LogP contribution in [-0.2, 0) is 19.4 Å². The molecule has 1 aromatic carbocycles. The molecule has 2 heterocycles. The van der Waals surface area contributed by atoms with Gasteiger partial charge in [-0.15, -0.1) is 0 Å². The molecule has 1 aliphatic carbocycles. The molecule has 12 heteroatoms. The molecule has 0 spiro atoms. The van der Waals surface area contributed by atoms with Gasteiger partial charge in [0.25, 0.3) is 0 Å². The van der Waals surface area contributed by atoms with Crippen LogP contribution in [0.1, 0.15) is 47.0 Å². The third-order valence-corrected chi connectivity index (χ3v) is 9.98. The van der Waals surface area contributed by atoms with Gasteiger partial charge in [0.05, 0.1) is 21.2 Å². The summed E-state index contributed by atoms with van der Waals surface area (Å²) in [6, 6.07) is 5.96. The van der Waals surface area contributed by atoms with Crippen molar-refractivity contribution in [3.05, 3.63) is 23.2 Å². The molecule has 0 bridgehead atoms. The van der Waals surface area contributed by atoms with E-state index in [4.69, 9.17) is 16.3 Å². The van der Waals surface area contributed by atoms with E-state index in [1.165, 1.54) is 6.07 Å². The molecule has 0 radical (unpaired) electrons. The predicted molar refractivity (Wildman–Crippen MR) is 144 cm³/mol. The molecule has 2 unspecified atom stereocenters. The van der Waals surface area contributed by atoms with Gasteiger partial charge in [-0.3, -0.25) is 9.69 Å². The van der Waals surface area contributed by atoms with Gasteiger partial charge in [0, 0.05) is 38.4 Å². The Labute approximate surface area is 229 Å². The number of nitriles is 1. The summed E-state index contributed by atoms with van der Waals surface area (Å²) in [4.78, 5) is 31.8. The highest BCUT2D eigenvalue weighted by Crippen LogP contribution is 2.37. The van der Waals surface area contributed by atoms with Gasteiger partial charge in [-0.1, -0.05) is 18.5 Å². The van der Waals surface area contributed by atoms with Gasteiger partial charge in [0.2, 0.25) is 5.91 Å². The van der Waals surface area contributed by atoms with E-state index in [1.807, 2.05) is 0 Å². The molecule has 38 heavy (non-hydrogen) atoms. The zero-order chi connectivity index (χ0) is 27.9. The molecular weight excluding hydrogens is 530 g/mol. The van der Waals surface area contributed by atoms with E-state index in [0.29, 0.717) is 12.8 Å². The number of hydrogen-bond donors (Lipinski definition) is 1. The van der Waals surface area contributed by atoms with Crippen LogP contribution in [0.5, 0.6) is 0 Å². The summed E-state index contributed by atoms with van der Waals surface area (Å²) >= 11 is 6.53. The zero-order valence-corrected chi connectivity index (χ0v) is 23.9. The third-order valence-electron chi connectivity index (χ3n) is 7.37. The quantitative estimate of drug-likeness (QED) is 0.558. The van der Waals surface area contributed by atoms with Crippen molar-refractivity contribution in [1.82, 2.24) is 15.1 Å². The monoisotopic (exact) mass is 565 g/mol. The van der Waals surface area contributed by atoms with Gasteiger partial charge in [-0.05, 0) is 64.8 Å². The summed E-state index contributed by atoms with van der Waals surface area (Å²) in [6.45, 7) is 11.5. The molecule has 1 saturated carbocycles. The molecule has 1 aromatic rings. The molecule has 208 valence electrons. The average Bonchev–Trinajstić information content (AvgIpc) is 3.47. The highest BCUT2D eigenvalue weighted by Gasteiger charge is 2.51. The molecule has 10 nitrogen and oxygen atoms in total. The maximum absolute atomic E-state index is 13.7. The molecule has 3 aliphatic rings. The molecular formula is C26H36ClN5O5S. The fraction of sp³-hybridized carbons (Fsp3) is 0.654. The minimum absolute atomic E-state index is 0.0269. The zero-order valence-electron chi connectivity index (χ0n) is 22.4. The van der Waals surface area contributed by atoms with Gasteiger partial charge in [0.15, 0.2) is 9.84 Å². The van der Waals surface area contributed by atoms with E-state index in [-0.39, 0.29) is 22.9 Å². The van der Waals surface area contributed by atoms with E-state index < -0.39 is 44.3 Å². The summed E-state index contributed by atoms with van der Waals surface area (Å²) in [6.07, 6.45) is 0.146. The minimum Gasteiger partial charge on any atom is -0.444 e. The first-order chi connectivity index (χ1) is 17.8. The van der Waals surface area contributed by atoms with Crippen molar-refractivity contribution in [3.8, 4) is 6.07 Å². The largest absolute Gasteiger partial charge is 0.444 e. The average molecular weight is 566 g/mol. The summed E-state index contributed by atoms with van der Waals surface area (Å²) < 4.78 is 32.9. The number of nitrogens with one attached hydrogen (secondary N) is 1. The number of halogens is 1. The number of piperazine rings is 1. The summed E-state index contributed by atoms with van der Waals surface area (Å²) in [7, 11) is -3.99. The lowest BCUT2D eigenvalue weighted by atomic mass is 10.2. The van der Waals surface area contributed by atoms with Crippen molar-refractivity contribution in [1.29, 1.82) is 5.26 Å². The van der Waals surface area contributed by atoms with E-state index in [1.54, 1.807) is 32.9 Å². The molecule has 2 atom stereocenters. The van der Waals surface area contributed by atoms with Gasteiger partial charge in [-0.2, -0.15) is 5.26 Å². The maximum atomic E-state index is 13.7. The van der Waals surface area contributed by atoms with Crippen LogP contribution >= 0.6 is 11.6 Å². The summed E-state index contributed by atoms with van der Waals surface area (Å²) in [5.74, 6) is -0.555. The van der Waals surface area contributed by atoms with Gasteiger partial charge >= 0.3 is 6.09 Å². The maximum Gasteiger partial charge on any atom is 0.411 e. The lowest BCUT2D eigenvalue weighted by Crippen LogP contribution is -2.50. The Hall–Kier alpha value is -2.55. The number of benzene rings is 1. The molecule has 1 N–H and O–H groups in total. The smallest absolute Gasteiger partial charge is 0.411 e. The van der Waals surface area contributed by atoms with Crippen LogP contribution in [0.4, 0.5) is 10.5 Å². The van der Waals surface area contributed by atoms with Crippen molar-refractivity contribution in [3.63, 3.8) is 0 Å². The van der Waals surface area contributed by atoms with Crippen LogP contribution < -0.4 is 10.2 Å². The van der Waals surface area contributed by atoms with Crippen molar-refractivity contribution in [2.75, 3.05) is 44.2 Å². The lowest BCUT2D eigenvalue weighted by molar-refractivity contribution is -0.126. The lowest BCUT2D eigenvalue weighted by Gasteiger charge is -2.35. The predicted octanol–water partition coefficient (Wildman–Crippen LogP) is 2.81. The Morgan fingerprint density at radius 2 is 1.87 bits per heavy atom. The van der Waals surface area contributed by atoms with Crippen LogP contribution in [0.25, 0.3) is 0 Å². The summed E-state index contributed by atoms with van der Waals surface area (Å²) in [5, 5.41) is 11.1. The normalized spacial score (nSPS) is 23.6. The van der Waals surface area contributed by atoms with Crippen LogP contribution in [-0.4, -0.2) is 91.9 Å². The van der Waals surface area contributed by atoms with E-state index in [0.717, 1.165) is 43.3 Å². The Kier molecular flexibility index (Phi) is 7.90. The van der Waals surface area contributed by atoms with Gasteiger partial charge in [-0.25, -0.2) is 13.2 Å². The number of sulfone groups is 1. The number of likely N-dealkylation sites (tertiary alicyclic amines) is 1. The number of carbonyl (C=O) groups excluding carboxylic acids is 2. The second-order valence-corrected chi connectivity index (χ2v) is 13.9. The highest BCUT2D eigenvalue weighted by molar-refractivity contribution is 7.92. The first-order valence-electron chi connectivity index (χ1n) is 13.0.